The van der Waals surface area contributed by atoms with E-state index in [4.69, 9.17) is 9.72 Å². The molecule has 0 radical (unpaired) electrons. The van der Waals surface area contributed by atoms with Gasteiger partial charge in [0.1, 0.15) is 11.6 Å². The fourth-order valence-corrected chi connectivity index (χ4v) is 4.19. The SMILES string of the molecule is COc1ccc(C(=O)N2CCCC2c2nc3ccccc3[nH]2)cc1Cn1cccn1. The lowest BCUT2D eigenvalue weighted by Gasteiger charge is -2.23. The van der Waals surface area contributed by atoms with Crippen LogP contribution in [0, 0.1) is 0 Å². The largest absolute Gasteiger partial charge is 0.496 e. The van der Waals surface area contributed by atoms with E-state index < -0.39 is 0 Å². The number of ether oxygens (including phenoxy) is 1. The number of methoxy groups -OCH3 is 1. The van der Waals surface area contributed by atoms with Crippen LogP contribution in [-0.4, -0.2) is 44.2 Å². The monoisotopic (exact) mass is 401 g/mol. The smallest absolute Gasteiger partial charge is 0.254 e. The van der Waals surface area contributed by atoms with Crippen LogP contribution in [0.25, 0.3) is 11.0 Å². The van der Waals surface area contributed by atoms with Gasteiger partial charge in [-0.2, -0.15) is 5.10 Å². The molecule has 152 valence electrons. The Morgan fingerprint density at radius 2 is 2.13 bits per heavy atom. The van der Waals surface area contributed by atoms with Crippen molar-refractivity contribution in [2.75, 3.05) is 13.7 Å². The number of nitrogens with one attached hydrogen (secondary N) is 1. The summed E-state index contributed by atoms with van der Waals surface area (Å²) in [6, 6.07) is 15.4. The number of benzene rings is 2. The highest BCUT2D eigenvalue weighted by Crippen LogP contribution is 2.33. The maximum Gasteiger partial charge on any atom is 0.254 e. The van der Waals surface area contributed by atoms with Crippen LogP contribution < -0.4 is 4.74 Å². The number of amides is 1. The van der Waals surface area contributed by atoms with Crippen LogP contribution in [0.4, 0.5) is 0 Å². The number of carbonyl (C=O) groups is 1. The number of rotatable bonds is 5. The minimum Gasteiger partial charge on any atom is -0.496 e. The predicted molar refractivity (Wildman–Crippen MR) is 113 cm³/mol. The van der Waals surface area contributed by atoms with Crippen LogP contribution >= 0.6 is 0 Å². The average Bonchev–Trinajstić information content (AvgIpc) is 3.52. The molecule has 4 aromatic rings. The molecule has 0 saturated carbocycles. The minimum absolute atomic E-state index is 0.0160. The first kappa shape index (κ1) is 18.4. The first-order chi connectivity index (χ1) is 14.7. The predicted octanol–water partition coefficient (Wildman–Crippen LogP) is 3.79. The third-order valence-corrected chi connectivity index (χ3v) is 5.66. The summed E-state index contributed by atoms with van der Waals surface area (Å²) in [6.45, 7) is 1.27. The Bertz CT molecular complexity index is 1150. The van der Waals surface area contributed by atoms with Crippen molar-refractivity contribution in [3.8, 4) is 5.75 Å². The molecule has 30 heavy (non-hydrogen) atoms. The summed E-state index contributed by atoms with van der Waals surface area (Å²) in [7, 11) is 1.64. The van der Waals surface area contributed by atoms with E-state index in [0.717, 1.165) is 47.6 Å². The number of hydrogen-bond acceptors (Lipinski definition) is 4. The molecule has 1 fully saturated rings. The van der Waals surface area contributed by atoms with Crippen LogP contribution in [-0.2, 0) is 6.54 Å². The van der Waals surface area contributed by atoms with Gasteiger partial charge in [-0.05, 0) is 49.2 Å². The molecule has 0 aliphatic carbocycles. The number of likely N-dealkylation sites (tertiary alicyclic amines) is 1. The number of H-pyrrole nitrogens is 1. The number of hydrogen-bond donors (Lipinski definition) is 1. The summed E-state index contributed by atoms with van der Waals surface area (Å²) < 4.78 is 7.32. The molecule has 1 aliphatic rings. The normalized spacial score (nSPS) is 16.3. The van der Waals surface area contributed by atoms with Gasteiger partial charge in [-0.15, -0.1) is 0 Å². The maximum atomic E-state index is 13.4. The molecular formula is C23H23N5O2. The van der Waals surface area contributed by atoms with Crippen molar-refractivity contribution in [1.82, 2.24) is 24.6 Å². The lowest BCUT2D eigenvalue weighted by atomic mass is 10.1. The molecule has 7 nitrogen and oxygen atoms in total. The van der Waals surface area contributed by atoms with Gasteiger partial charge in [-0.25, -0.2) is 4.98 Å². The van der Waals surface area contributed by atoms with Crippen LogP contribution in [0.3, 0.4) is 0 Å². The van der Waals surface area contributed by atoms with E-state index in [2.05, 4.69) is 10.1 Å². The zero-order valence-corrected chi connectivity index (χ0v) is 16.8. The number of imidazole rings is 1. The van der Waals surface area contributed by atoms with Crippen molar-refractivity contribution < 1.29 is 9.53 Å². The number of aromatic amines is 1. The van der Waals surface area contributed by atoms with E-state index in [1.807, 2.05) is 64.3 Å². The van der Waals surface area contributed by atoms with Gasteiger partial charge in [0.25, 0.3) is 5.91 Å². The number of para-hydroxylation sites is 2. The molecule has 3 heterocycles. The quantitative estimate of drug-likeness (QED) is 0.552. The van der Waals surface area contributed by atoms with E-state index in [1.165, 1.54) is 0 Å². The molecule has 1 N–H and O–H groups in total. The Balaban J connectivity index is 1.44. The Labute approximate surface area is 174 Å². The van der Waals surface area contributed by atoms with Gasteiger partial charge in [0.15, 0.2) is 0 Å². The molecule has 2 aromatic heterocycles. The maximum absolute atomic E-state index is 13.4. The molecule has 1 amide bonds. The zero-order chi connectivity index (χ0) is 20.5. The molecule has 0 spiro atoms. The molecule has 1 aliphatic heterocycles. The van der Waals surface area contributed by atoms with E-state index in [9.17, 15) is 4.79 Å². The topological polar surface area (TPSA) is 76.0 Å². The van der Waals surface area contributed by atoms with Crippen LogP contribution in [0.1, 0.15) is 40.6 Å². The number of fused-ring (bicyclic) bond motifs is 1. The fourth-order valence-electron chi connectivity index (χ4n) is 4.19. The second-order valence-corrected chi connectivity index (χ2v) is 7.53. The summed E-state index contributed by atoms with van der Waals surface area (Å²) in [6.07, 6.45) is 5.50. The summed E-state index contributed by atoms with van der Waals surface area (Å²) in [5.74, 6) is 1.62. The minimum atomic E-state index is -0.0402. The third kappa shape index (κ3) is 3.32. The van der Waals surface area contributed by atoms with Gasteiger partial charge in [0, 0.05) is 30.1 Å². The lowest BCUT2D eigenvalue weighted by Crippen LogP contribution is -2.31. The van der Waals surface area contributed by atoms with Crippen molar-refractivity contribution in [2.24, 2.45) is 0 Å². The van der Waals surface area contributed by atoms with Gasteiger partial charge in [-0.3, -0.25) is 9.48 Å². The summed E-state index contributed by atoms with van der Waals surface area (Å²) in [5, 5.41) is 4.26. The molecule has 7 heteroatoms. The molecule has 2 aromatic carbocycles. The molecule has 1 saturated heterocycles. The van der Waals surface area contributed by atoms with Gasteiger partial charge >= 0.3 is 0 Å². The Hall–Kier alpha value is -3.61. The van der Waals surface area contributed by atoms with Crippen LogP contribution in [0.5, 0.6) is 5.75 Å². The highest BCUT2D eigenvalue weighted by molar-refractivity contribution is 5.95. The zero-order valence-electron chi connectivity index (χ0n) is 16.8. The van der Waals surface area contributed by atoms with Crippen molar-refractivity contribution in [3.05, 3.63) is 77.9 Å². The van der Waals surface area contributed by atoms with Crippen LogP contribution in [0.15, 0.2) is 60.9 Å². The standard InChI is InChI=1S/C23H23N5O2/c1-30-21-10-9-16(14-17(21)15-27-12-5-11-24-27)23(29)28-13-4-8-20(28)22-25-18-6-2-3-7-19(18)26-22/h2-3,5-7,9-12,14,20H,4,8,13,15H2,1H3,(H,25,26). The van der Waals surface area contributed by atoms with Gasteiger partial charge < -0.3 is 14.6 Å². The first-order valence-corrected chi connectivity index (χ1v) is 10.1. The van der Waals surface area contributed by atoms with E-state index in [-0.39, 0.29) is 11.9 Å². The van der Waals surface area contributed by atoms with Crippen molar-refractivity contribution >= 4 is 16.9 Å². The molecular weight excluding hydrogens is 378 g/mol. The van der Waals surface area contributed by atoms with Crippen molar-refractivity contribution in [1.29, 1.82) is 0 Å². The molecule has 0 bridgehead atoms. The fraction of sp³-hybridized carbons (Fsp3) is 0.261. The van der Waals surface area contributed by atoms with Crippen LogP contribution in [0.2, 0.25) is 0 Å². The summed E-state index contributed by atoms with van der Waals surface area (Å²) in [4.78, 5) is 23.5. The second kappa shape index (κ2) is 7.67. The highest BCUT2D eigenvalue weighted by Gasteiger charge is 2.33. The molecule has 1 unspecified atom stereocenters. The van der Waals surface area contributed by atoms with Gasteiger partial charge in [0.2, 0.25) is 0 Å². The third-order valence-electron chi connectivity index (χ3n) is 5.66. The van der Waals surface area contributed by atoms with E-state index in [1.54, 1.807) is 13.3 Å². The van der Waals surface area contributed by atoms with Gasteiger partial charge in [-0.1, -0.05) is 12.1 Å². The Morgan fingerprint density at radius 1 is 1.23 bits per heavy atom. The molecule has 5 rings (SSSR count). The highest BCUT2D eigenvalue weighted by atomic mass is 16.5. The number of nitrogens with zero attached hydrogens (tertiary/aromatic N) is 4. The summed E-state index contributed by atoms with van der Waals surface area (Å²) in [5.41, 5.74) is 3.50. The van der Waals surface area contributed by atoms with E-state index >= 15 is 0 Å². The number of carbonyl (C=O) groups excluding carboxylic acids is 1. The Morgan fingerprint density at radius 3 is 2.93 bits per heavy atom. The number of aromatic nitrogens is 4. The average molecular weight is 401 g/mol. The van der Waals surface area contributed by atoms with E-state index in [0.29, 0.717) is 12.1 Å². The molecule has 1 atom stereocenters. The summed E-state index contributed by atoms with van der Waals surface area (Å²) >= 11 is 0. The Kier molecular flexibility index (Phi) is 4.71. The lowest BCUT2D eigenvalue weighted by molar-refractivity contribution is 0.0730. The van der Waals surface area contributed by atoms with Gasteiger partial charge in [0.05, 0.1) is 30.7 Å². The first-order valence-electron chi connectivity index (χ1n) is 10.1. The van der Waals surface area contributed by atoms with Crippen molar-refractivity contribution in [3.63, 3.8) is 0 Å². The van der Waals surface area contributed by atoms with Crippen molar-refractivity contribution in [2.45, 2.75) is 25.4 Å². The second-order valence-electron chi connectivity index (χ2n) is 7.53.